The van der Waals surface area contributed by atoms with E-state index in [1.165, 1.54) is 10.9 Å². The number of aromatic amines is 1. The number of rotatable bonds is 6. The molecule has 5 nitrogen and oxygen atoms in total. The maximum atomic E-state index is 6.26. The summed E-state index contributed by atoms with van der Waals surface area (Å²) in [6.07, 6.45) is 8.93. The molecule has 0 bridgehead atoms. The molecule has 0 radical (unpaired) electrons. The number of nitrogens with one attached hydrogen (secondary N) is 2. The Balaban J connectivity index is 1.29. The third-order valence-corrected chi connectivity index (χ3v) is 6.38. The Hall–Kier alpha value is -2.93. The van der Waals surface area contributed by atoms with Gasteiger partial charge in [0.15, 0.2) is 0 Å². The number of benzene rings is 1. The largest absolute Gasteiger partial charge is 0.474 e. The summed E-state index contributed by atoms with van der Waals surface area (Å²) in [6, 6.07) is 12.4. The first-order valence-electron chi connectivity index (χ1n) is 9.61. The van der Waals surface area contributed by atoms with E-state index in [0.29, 0.717) is 17.3 Å². The van der Waals surface area contributed by atoms with Gasteiger partial charge in [-0.3, -0.25) is 15.3 Å². The van der Waals surface area contributed by atoms with Crippen molar-refractivity contribution < 1.29 is 4.74 Å². The number of H-pyrrole nitrogens is 1. The van der Waals surface area contributed by atoms with Crippen molar-refractivity contribution in [3.05, 3.63) is 78.0 Å². The summed E-state index contributed by atoms with van der Waals surface area (Å²) in [4.78, 5) is 12.9. The Bertz CT molecular complexity index is 1330. The molecule has 5 rings (SSSR count). The highest BCUT2D eigenvalue weighted by Gasteiger charge is 2.11. The molecule has 0 spiro atoms. The molecule has 0 saturated heterocycles. The number of hydrogen-bond acceptors (Lipinski definition) is 5. The molecule has 0 unspecified atom stereocenters. The maximum Gasteiger partial charge on any atom is 0.147 e. The molecule has 0 amide bonds. The minimum Gasteiger partial charge on any atom is -0.474 e. The molecule has 0 saturated carbocycles. The van der Waals surface area contributed by atoms with Gasteiger partial charge in [0, 0.05) is 58.1 Å². The SMILES string of the molecule is C[C@@H](NCc1c[nH]c2ccccc12)Oc1cncc(-c2cc3c(Cl)cncc3s2)c1. The highest BCUT2D eigenvalue weighted by atomic mass is 35.5. The fourth-order valence-electron chi connectivity index (χ4n) is 3.47. The lowest BCUT2D eigenvalue weighted by Gasteiger charge is -2.16. The molecule has 0 aliphatic heterocycles. The van der Waals surface area contributed by atoms with Gasteiger partial charge in [-0.2, -0.15) is 0 Å². The van der Waals surface area contributed by atoms with Crippen LogP contribution >= 0.6 is 22.9 Å². The van der Waals surface area contributed by atoms with Gasteiger partial charge in [0.2, 0.25) is 0 Å². The first-order chi connectivity index (χ1) is 14.7. The van der Waals surface area contributed by atoms with Crippen LogP contribution in [0.1, 0.15) is 12.5 Å². The molecule has 0 aliphatic carbocycles. The number of thiophene rings is 1. The Morgan fingerprint density at radius 1 is 1.10 bits per heavy atom. The predicted molar refractivity (Wildman–Crippen MR) is 123 cm³/mol. The van der Waals surface area contributed by atoms with E-state index < -0.39 is 0 Å². The second kappa shape index (κ2) is 8.07. The molecule has 0 aliphatic rings. The standard InChI is InChI=1S/C23H19ClN4OS/c1-14(27-9-16-10-28-21-5-3-2-4-18(16)21)29-17-6-15(8-25-11-17)22-7-19-20(24)12-26-13-23(19)30-22/h2-8,10-14,27-28H,9H2,1H3/t14-/m0/s1. The van der Waals surface area contributed by atoms with Crippen LogP contribution in [0.5, 0.6) is 5.75 Å². The molecular weight excluding hydrogens is 416 g/mol. The van der Waals surface area contributed by atoms with E-state index in [4.69, 9.17) is 16.3 Å². The summed E-state index contributed by atoms with van der Waals surface area (Å²) in [5, 5.41) is 6.31. The normalized spacial score (nSPS) is 12.5. The minimum absolute atomic E-state index is 0.170. The third kappa shape index (κ3) is 3.77. The molecule has 1 atom stereocenters. The van der Waals surface area contributed by atoms with Crippen LogP contribution in [-0.2, 0) is 6.54 Å². The van der Waals surface area contributed by atoms with Crippen molar-refractivity contribution in [1.29, 1.82) is 0 Å². The van der Waals surface area contributed by atoms with Gasteiger partial charge >= 0.3 is 0 Å². The summed E-state index contributed by atoms with van der Waals surface area (Å²) in [5.74, 6) is 0.716. The van der Waals surface area contributed by atoms with Crippen LogP contribution < -0.4 is 10.1 Å². The zero-order chi connectivity index (χ0) is 20.5. The number of fused-ring (bicyclic) bond motifs is 2. The number of hydrogen-bond donors (Lipinski definition) is 2. The quantitative estimate of drug-likeness (QED) is 0.321. The van der Waals surface area contributed by atoms with E-state index in [-0.39, 0.29) is 6.23 Å². The van der Waals surface area contributed by atoms with Crippen molar-refractivity contribution in [2.75, 3.05) is 0 Å². The molecule has 4 heterocycles. The Labute approximate surface area is 182 Å². The zero-order valence-corrected chi connectivity index (χ0v) is 17.8. The van der Waals surface area contributed by atoms with Crippen molar-refractivity contribution in [3.8, 4) is 16.2 Å². The highest BCUT2D eigenvalue weighted by Crippen LogP contribution is 2.36. The summed E-state index contributed by atoms with van der Waals surface area (Å²) in [6.45, 7) is 2.70. The number of para-hydroxylation sites is 1. The van der Waals surface area contributed by atoms with Crippen LogP contribution in [0.4, 0.5) is 0 Å². The first-order valence-corrected chi connectivity index (χ1v) is 10.8. The number of nitrogens with zero attached hydrogens (tertiary/aromatic N) is 2. The van der Waals surface area contributed by atoms with Crippen LogP contribution in [0.3, 0.4) is 0 Å². The summed E-state index contributed by atoms with van der Waals surface area (Å²) < 4.78 is 7.12. The highest BCUT2D eigenvalue weighted by molar-refractivity contribution is 7.22. The van der Waals surface area contributed by atoms with Crippen LogP contribution in [0.25, 0.3) is 31.4 Å². The Kier molecular flexibility index (Phi) is 5.12. The summed E-state index contributed by atoms with van der Waals surface area (Å²) >= 11 is 7.90. The van der Waals surface area contributed by atoms with E-state index in [0.717, 1.165) is 26.0 Å². The molecule has 5 aromatic rings. The zero-order valence-electron chi connectivity index (χ0n) is 16.2. The molecule has 150 valence electrons. The number of pyridine rings is 2. The lowest BCUT2D eigenvalue weighted by atomic mass is 10.2. The smallest absolute Gasteiger partial charge is 0.147 e. The monoisotopic (exact) mass is 434 g/mol. The van der Waals surface area contributed by atoms with Crippen molar-refractivity contribution in [2.24, 2.45) is 0 Å². The van der Waals surface area contributed by atoms with Gasteiger partial charge in [-0.05, 0) is 30.7 Å². The van der Waals surface area contributed by atoms with E-state index in [1.807, 2.05) is 43.7 Å². The maximum absolute atomic E-state index is 6.26. The molecule has 4 aromatic heterocycles. The Morgan fingerprint density at radius 3 is 2.87 bits per heavy atom. The molecule has 2 N–H and O–H groups in total. The second-order valence-electron chi connectivity index (χ2n) is 7.05. The van der Waals surface area contributed by atoms with Crippen molar-refractivity contribution in [3.63, 3.8) is 0 Å². The van der Waals surface area contributed by atoms with Gasteiger partial charge in [0.05, 0.1) is 15.9 Å². The van der Waals surface area contributed by atoms with E-state index in [2.05, 4.69) is 38.5 Å². The van der Waals surface area contributed by atoms with Crippen LogP contribution in [0.2, 0.25) is 5.02 Å². The van der Waals surface area contributed by atoms with Gasteiger partial charge in [-0.15, -0.1) is 11.3 Å². The average molecular weight is 435 g/mol. The lowest BCUT2D eigenvalue weighted by Crippen LogP contribution is -2.30. The molecule has 1 aromatic carbocycles. The third-order valence-electron chi connectivity index (χ3n) is 4.96. The number of halogens is 1. The van der Waals surface area contributed by atoms with Gasteiger partial charge in [-0.25, -0.2) is 0 Å². The van der Waals surface area contributed by atoms with E-state index >= 15 is 0 Å². The Morgan fingerprint density at radius 2 is 1.97 bits per heavy atom. The summed E-state index contributed by atoms with van der Waals surface area (Å²) in [7, 11) is 0. The lowest BCUT2D eigenvalue weighted by molar-refractivity contribution is 0.180. The van der Waals surface area contributed by atoms with E-state index in [1.54, 1.807) is 23.7 Å². The number of ether oxygens (including phenoxy) is 1. The van der Waals surface area contributed by atoms with Crippen LogP contribution in [0, 0.1) is 0 Å². The van der Waals surface area contributed by atoms with Gasteiger partial charge < -0.3 is 9.72 Å². The van der Waals surface area contributed by atoms with Crippen LogP contribution in [-0.4, -0.2) is 21.2 Å². The topological polar surface area (TPSA) is 62.8 Å². The van der Waals surface area contributed by atoms with Crippen molar-refractivity contribution >= 4 is 43.9 Å². The van der Waals surface area contributed by atoms with Gasteiger partial charge in [0.1, 0.15) is 12.0 Å². The second-order valence-corrected chi connectivity index (χ2v) is 8.54. The summed E-state index contributed by atoms with van der Waals surface area (Å²) in [5.41, 5.74) is 3.34. The van der Waals surface area contributed by atoms with E-state index in [9.17, 15) is 0 Å². The molecule has 7 heteroatoms. The van der Waals surface area contributed by atoms with Gasteiger partial charge in [-0.1, -0.05) is 29.8 Å². The fraction of sp³-hybridized carbons (Fsp3) is 0.130. The molecule has 0 fully saturated rings. The fourth-order valence-corrected chi connectivity index (χ4v) is 4.77. The van der Waals surface area contributed by atoms with Gasteiger partial charge in [0.25, 0.3) is 0 Å². The average Bonchev–Trinajstić information content (AvgIpc) is 3.38. The minimum atomic E-state index is -0.170. The van der Waals surface area contributed by atoms with Crippen LogP contribution in [0.15, 0.2) is 67.4 Å². The number of aromatic nitrogens is 3. The first kappa shape index (κ1) is 19.1. The van der Waals surface area contributed by atoms with Crippen molar-refractivity contribution in [1.82, 2.24) is 20.3 Å². The molecular formula is C23H19ClN4OS. The predicted octanol–water partition coefficient (Wildman–Crippen LogP) is 6.01. The molecule has 30 heavy (non-hydrogen) atoms. The van der Waals surface area contributed by atoms with Crippen molar-refractivity contribution in [2.45, 2.75) is 19.7 Å².